The van der Waals surface area contributed by atoms with Crippen LogP contribution in [0.2, 0.25) is 10.0 Å². The van der Waals surface area contributed by atoms with Gasteiger partial charge in [-0.1, -0.05) is 36.2 Å². The topological polar surface area (TPSA) is 64.5 Å². The summed E-state index contributed by atoms with van der Waals surface area (Å²) in [6.07, 6.45) is 2.71. The molecule has 34 heavy (non-hydrogen) atoms. The average molecular weight is 500 g/mol. The first kappa shape index (κ1) is 24.5. The van der Waals surface area contributed by atoms with Crippen LogP contribution in [0.4, 0.5) is 0 Å². The van der Waals surface area contributed by atoms with Crippen molar-refractivity contribution in [2.24, 2.45) is 5.92 Å². The average Bonchev–Trinajstić information content (AvgIpc) is 2.84. The van der Waals surface area contributed by atoms with E-state index in [2.05, 4.69) is 9.88 Å². The number of hydrogen-bond acceptors (Lipinski definition) is 6. The Morgan fingerprint density at radius 1 is 1.15 bits per heavy atom. The number of carbonyl (C=O) groups is 1. The predicted octanol–water partition coefficient (Wildman–Crippen LogP) is 5.59. The van der Waals surface area contributed by atoms with Crippen LogP contribution < -0.4 is 4.74 Å². The molecule has 1 atom stereocenters. The lowest BCUT2D eigenvalue weighted by Gasteiger charge is -2.29. The van der Waals surface area contributed by atoms with Gasteiger partial charge in [0.15, 0.2) is 5.82 Å². The number of carbonyl (C=O) groups excluding carboxylic acids is 1. The number of nitrogens with zero attached hydrogens (tertiary/aromatic N) is 3. The van der Waals surface area contributed by atoms with Crippen molar-refractivity contribution >= 4 is 29.2 Å². The molecule has 4 rings (SSSR count). The maximum absolute atomic E-state index is 11.9. The summed E-state index contributed by atoms with van der Waals surface area (Å²) >= 11 is 12.4. The second-order valence-electron chi connectivity index (χ2n) is 8.32. The van der Waals surface area contributed by atoms with Crippen LogP contribution in [0.5, 0.6) is 5.75 Å². The third kappa shape index (κ3) is 5.87. The summed E-state index contributed by atoms with van der Waals surface area (Å²) < 4.78 is 11.0. The Labute approximate surface area is 209 Å². The Morgan fingerprint density at radius 3 is 2.59 bits per heavy atom. The number of halogens is 2. The molecule has 0 spiro atoms. The normalized spacial score (nSPS) is 14.4. The molecule has 0 fully saturated rings. The summed E-state index contributed by atoms with van der Waals surface area (Å²) in [6.45, 7) is 6.68. The van der Waals surface area contributed by atoms with Crippen molar-refractivity contribution in [1.29, 1.82) is 0 Å². The van der Waals surface area contributed by atoms with Gasteiger partial charge in [0.2, 0.25) is 0 Å². The predicted molar refractivity (Wildman–Crippen MR) is 133 cm³/mol. The molecule has 6 nitrogen and oxygen atoms in total. The third-order valence-electron chi connectivity index (χ3n) is 5.79. The van der Waals surface area contributed by atoms with Gasteiger partial charge in [-0.15, -0.1) is 0 Å². The summed E-state index contributed by atoms with van der Waals surface area (Å²) in [4.78, 5) is 23.6. The second kappa shape index (κ2) is 11.2. The van der Waals surface area contributed by atoms with Gasteiger partial charge in [0, 0.05) is 59.0 Å². The lowest BCUT2D eigenvalue weighted by atomic mass is 10.0. The van der Waals surface area contributed by atoms with Crippen LogP contribution in [0.25, 0.3) is 11.4 Å². The molecule has 0 saturated carbocycles. The first-order chi connectivity index (χ1) is 16.4. The van der Waals surface area contributed by atoms with Gasteiger partial charge in [-0.3, -0.25) is 9.69 Å². The zero-order valence-corrected chi connectivity index (χ0v) is 20.8. The summed E-state index contributed by atoms with van der Waals surface area (Å²) in [7, 11) is 0. The standard InChI is InChI=1S/C26H27Cl2N3O3/c1-3-33-26(32)17(2)14-31-12-11-24-19(15-31)13-29-25(30-24)18-7-9-20(10-8-18)34-16-21-22(27)5-4-6-23(21)28/h4-10,13,17H,3,11-12,14-16H2,1-2H3. The van der Waals surface area contributed by atoms with Crippen LogP contribution in [-0.4, -0.2) is 40.5 Å². The van der Waals surface area contributed by atoms with Gasteiger partial charge in [0.05, 0.1) is 18.2 Å². The fourth-order valence-electron chi connectivity index (χ4n) is 3.94. The van der Waals surface area contributed by atoms with E-state index in [4.69, 9.17) is 37.7 Å². The Hall–Kier alpha value is -2.67. The number of esters is 1. The van der Waals surface area contributed by atoms with Crippen LogP contribution in [0.3, 0.4) is 0 Å². The zero-order chi connectivity index (χ0) is 24.1. The van der Waals surface area contributed by atoms with E-state index in [-0.39, 0.29) is 11.9 Å². The first-order valence-electron chi connectivity index (χ1n) is 11.3. The Balaban J connectivity index is 1.38. The quantitative estimate of drug-likeness (QED) is 0.376. The molecule has 1 aliphatic heterocycles. The van der Waals surface area contributed by atoms with Crippen molar-refractivity contribution in [2.45, 2.75) is 33.4 Å². The summed E-state index contributed by atoms with van der Waals surface area (Å²) in [6, 6.07) is 13.1. The fraction of sp³-hybridized carbons (Fsp3) is 0.346. The van der Waals surface area contributed by atoms with Crippen LogP contribution >= 0.6 is 23.2 Å². The fourth-order valence-corrected chi connectivity index (χ4v) is 4.45. The van der Waals surface area contributed by atoms with Crippen molar-refractivity contribution in [2.75, 3.05) is 19.7 Å². The zero-order valence-electron chi connectivity index (χ0n) is 19.3. The highest BCUT2D eigenvalue weighted by atomic mass is 35.5. The van der Waals surface area contributed by atoms with Gasteiger partial charge >= 0.3 is 5.97 Å². The highest BCUT2D eigenvalue weighted by Gasteiger charge is 2.23. The highest BCUT2D eigenvalue weighted by Crippen LogP contribution is 2.27. The molecule has 0 bridgehead atoms. The molecule has 3 aromatic rings. The smallest absolute Gasteiger partial charge is 0.309 e. The van der Waals surface area contributed by atoms with E-state index in [1.54, 1.807) is 12.1 Å². The molecule has 2 heterocycles. The van der Waals surface area contributed by atoms with Gasteiger partial charge in [-0.25, -0.2) is 9.97 Å². The van der Waals surface area contributed by atoms with Gasteiger partial charge in [-0.2, -0.15) is 0 Å². The molecule has 1 aliphatic rings. The summed E-state index contributed by atoms with van der Waals surface area (Å²) in [5, 5.41) is 1.17. The largest absolute Gasteiger partial charge is 0.489 e. The Kier molecular flexibility index (Phi) is 8.03. The van der Waals surface area contributed by atoms with E-state index >= 15 is 0 Å². The molecular weight excluding hydrogens is 473 g/mol. The van der Waals surface area contributed by atoms with Crippen LogP contribution in [-0.2, 0) is 29.1 Å². The van der Waals surface area contributed by atoms with E-state index in [0.29, 0.717) is 41.4 Å². The maximum atomic E-state index is 11.9. The molecule has 1 aromatic heterocycles. The summed E-state index contributed by atoms with van der Waals surface area (Å²) in [5.74, 6) is 1.09. The van der Waals surface area contributed by atoms with E-state index < -0.39 is 0 Å². The molecule has 178 valence electrons. The van der Waals surface area contributed by atoms with E-state index in [0.717, 1.165) is 41.9 Å². The molecule has 1 unspecified atom stereocenters. The minimum Gasteiger partial charge on any atom is -0.489 e. The van der Waals surface area contributed by atoms with Crippen molar-refractivity contribution in [1.82, 2.24) is 14.9 Å². The van der Waals surface area contributed by atoms with Crippen LogP contribution in [0, 0.1) is 5.92 Å². The van der Waals surface area contributed by atoms with Gasteiger partial charge in [0.25, 0.3) is 0 Å². The SMILES string of the molecule is CCOC(=O)C(C)CN1CCc2nc(-c3ccc(OCc4c(Cl)cccc4Cl)cc3)ncc2C1. The first-order valence-corrected chi connectivity index (χ1v) is 12.1. The van der Waals surface area contributed by atoms with E-state index in [9.17, 15) is 4.79 Å². The van der Waals surface area contributed by atoms with E-state index in [1.807, 2.05) is 50.4 Å². The van der Waals surface area contributed by atoms with E-state index in [1.165, 1.54) is 0 Å². The minimum absolute atomic E-state index is 0.151. The lowest BCUT2D eigenvalue weighted by molar-refractivity contribution is -0.148. The monoisotopic (exact) mass is 499 g/mol. The summed E-state index contributed by atoms with van der Waals surface area (Å²) in [5.41, 5.74) is 3.84. The van der Waals surface area contributed by atoms with Crippen LogP contribution in [0.15, 0.2) is 48.7 Å². The molecule has 2 aromatic carbocycles. The van der Waals surface area contributed by atoms with Crippen LogP contribution in [0.1, 0.15) is 30.7 Å². The number of hydrogen-bond donors (Lipinski definition) is 0. The third-order valence-corrected chi connectivity index (χ3v) is 6.50. The van der Waals surface area contributed by atoms with Gasteiger partial charge in [-0.05, 0) is 43.3 Å². The van der Waals surface area contributed by atoms with Gasteiger partial charge < -0.3 is 9.47 Å². The Morgan fingerprint density at radius 2 is 1.88 bits per heavy atom. The highest BCUT2D eigenvalue weighted by molar-refractivity contribution is 6.35. The lowest BCUT2D eigenvalue weighted by Crippen LogP contribution is -2.37. The van der Waals surface area contributed by atoms with Crippen molar-refractivity contribution in [3.63, 3.8) is 0 Å². The number of benzene rings is 2. The molecule has 0 amide bonds. The van der Waals surface area contributed by atoms with Crippen molar-refractivity contribution in [3.8, 4) is 17.1 Å². The van der Waals surface area contributed by atoms with Crippen molar-refractivity contribution < 1.29 is 14.3 Å². The molecule has 0 saturated heterocycles. The maximum Gasteiger partial charge on any atom is 0.309 e. The number of rotatable bonds is 8. The molecule has 0 N–H and O–H groups in total. The minimum atomic E-state index is -0.156. The molecule has 0 radical (unpaired) electrons. The second-order valence-corrected chi connectivity index (χ2v) is 9.13. The van der Waals surface area contributed by atoms with Gasteiger partial charge in [0.1, 0.15) is 12.4 Å². The molecule has 0 aliphatic carbocycles. The molecule has 8 heteroatoms. The Bertz CT molecular complexity index is 1130. The number of aromatic nitrogens is 2. The number of ether oxygens (including phenoxy) is 2. The molecular formula is C26H27Cl2N3O3. The number of fused-ring (bicyclic) bond motifs is 1. The van der Waals surface area contributed by atoms with Crippen molar-refractivity contribution in [3.05, 3.63) is 75.5 Å².